The molecule has 157 valence electrons. The molecule has 0 aromatic heterocycles. The Kier molecular flexibility index (Phi) is 5.85. The number of nitrogen functional groups attached to an aromatic ring is 1. The molecule has 1 aliphatic rings. The van der Waals surface area contributed by atoms with Crippen LogP contribution >= 0.6 is 0 Å². The number of nitrogens with zero attached hydrogens (tertiary/aromatic N) is 2. The molecule has 2 aromatic rings. The number of benzene rings is 2. The molecule has 30 heavy (non-hydrogen) atoms. The van der Waals surface area contributed by atoms with E-state index in [1.807, 2.05) is 0 Å². The van der Waals surface area contributed by atoms with Crippen LogP contribution in [0.25, 0.3) is 10.8 Å². The van der Waals surface area contributed by atoms with Crippen molar-refractivity contribution in [1.29, 1.82) is 0 Å². The number of azo groups is 1. The summed E-state index contributed by atoms with van der Waals surface area (Å²) in [7, 11) is -9.62. The Morgan fingerprint density at radius 2 is 1.73 bits per heavy atom. The molecule has 0 saturated heterocycles. The zero-order chi connectivity index (χ0) is 22.3. The number of hydrogen-bond acceptors (Lipinski definition) is 9. The van der Waals surface area contributed by atoms with Crippen molar-refractivity contribution in [3.63, 3.8) is 0 Å². The molecule has 5 N–H and O–H groups in total. The Hall–Kier alpha value is -2.57. The van der Waals surface area contributed by atoms with Gasteiger partial charge in [-0.3, -0.25) is 0 Å². The molecule has 1 aliphatic carbocycles. The number of allylic oxidation sites excluding steroid dienone is 2. The van der Waals surface area contributed by atoms with Crippen molar-refractivity contribution in [1.82, 2.24) is 0 Å². The minimum absolute atomic E-state index is 0.165. The number of nitrogens with two attached hydrogens (primary N) is 1. The number of aromatic hydroxyl groups is 1. The van der Waals surface area contributed by atoms with Gasteiger partial charge in [-0.15, -0.1) is 0 Å². The Morgan fingerprint density at radius 1 is 1.03 bits per heavy atom. The molecular weight excluding hydrogens is 501 g/mol. The van der Waals surface area contributed by atoms with Crippen molar-refractivity contribution in [3.8, 4) is 5.75 Å². The molecule has 14 heteroatoms. The fraction of sp³-hybridized carbons (Fsp3) is 0.0625. The maximum atomic E-state index is 11.9. The van der Waals surface area contributed by atoms with Crippen LogP contribution in [0.3, 0.4) is 0 Å². The maximum absolute atomic E-state index is 11.9. The summed E-state index contributed by atoms with van der Waals surface area (Å²) in [4.78, 5) is -1.50. The zero-order valence-corrected chi connectivity index (χ0v) is 18.2. The number of hydrogen-bond donors (Lipinski definition) is 4. The van der Waals surface area contributed by atoms with E-state index in [-0.39, 0.29) is 16.5 Å². The second kappa shape index (κ2) is 7.93. The fourth-order valence-electron chi connectivity index (χ4n) is 2.76. The average molecular weight is 514 g/mol. The normalized spacial score (nSPS) is 17.1. The van der Waals surface area contributed by atoms with Crippen LogP contribution in [0.5, 0.6) is 5.75 Å². The van der Waals surface area contributed by atoms with Gasteiger partial charge in [0.1, 0.15) is 0 Å². The zero-order valence-electron chi connectivity index (χ0n) is 14.7. The SMILES string of the molecule is Nc1cc(S(=O)(=O)O)cc2cc(S(=O)(=O)O)c(N=NC3C=CC=CC3=[As]=O)c(O)c12. The summed E-state index contributed by atoms with van der Waals surface area (Å²) >= 11 is -1.43. The summed E-state index contributed by atoms with van der Waals surface area (Å²) in [5.74, 6) is -0.782. The number of rotatable bonds is 4. The van der Waals surface area contributed by atoms with Crippen LogP contribution in [0.1, 0.15) is 0 Å². The van der Waals surface area contributed by atoms with Crippen molar-refractivity contribution < 1.29 is 34.8 Å². The number of anilines is 1. The Balaban J connectivity index is 2.31. The molecule has 0 bridgehead atoms. The molecule has 1 radical (unpaired) electrons. The van der Waals surface area contributed by atoms with E-state index in [1.54, 1.807) is 24.3 Å². The van der Waals surface area contributed by atoms with Gasteiger partial charge in [-0.1, -0.05) is 0 Å². The third kappa shape index (κ3) is 4.30. The quantitative estimate of drug-likeness (QED) is 0.202. The number of fused-ring (bicyclic) bond motifs is 1. The van der Waals surface area contributed by atoms with E-state index in [0.717, 1.165) is 18.2 Å². The van der Waals surface area contributed by atoms with Crippen molar-refractivity contribution in [2.45, 2.75) is 15.8 Å². The van der Waals surface area contributed by atoms with Gasteiger partial charge in [0.25, 0.3) is 0 Å². The van der Waals surface area contributed by atoms with Gasteiger partial charge in [-0.2, -0.15) is 0 Å². The van der Waals surface area contributed by atoms with Gasteiger partial charge in [0.2, 0.25) is 0 Å². The summed E-state index contributed by atoms with van der Waals surface area (Å²) in [5.41, 5.74) is 4.85. The van der Waals surface area contributed by atoms with Crippen molar-refractivity contribution in [2.75, 3.05) is 5.73 Å². The molecule has 0 heterocycles. The van der Waals surface area contributed by atoms with Gasteiger partial charge in [0, 0.05) is 0 Å². The summed E-state index contributed by atoms with van der Waals surface area (Å²) in [6.45, 7) is 0. The van der Waals surface area contributed by atoms with Gasteiger partial charge in [0.05, 0.1) is 0 Å². The third-order valence-electron chi connectivity index (χ3n) is 4.09. The molecule has 1 unspecified atom stereocenters. The summed E-state index contributed by atoms with van der Waals surface area (Å²) < 4.78 is 77.1. The minimum atomic E-state index is -4.94. The van der Waals surface area contributed by atoms with E-state index in [1.165, 1.54) is 0 Å². The van der Waals surface area contributed by atoms with Crippen LogP contribution in [0.15, 0.2) is 62.5 Å². The van der Waals surface area contributed by atoms with Gasteiger partial charge in [-0.25, -0.2) is 0 Å². The summed E-state index contributed by atoms with van der Waals surface area (Å²) in [6, 6.07) is 1.81. The van der Waals surface area contributed by atoms with E-state index in [0.29, 0.717) is 4.30 Å². The molecule has 0 spiro atoms. The van der Waals surface area contributed by atoms with E-state index in [4.69, 9.17) is 5.73 Å². The van der Waals surface area contributed by atoms with Gasteiger partial charge in [-0.05, 0) is 0 Å². The van der Waals surface area contributed by atoms with Crippen LogP contribution in [0.2, 0.25) is 0 Å². The summed E-state index contributed by atoms with van der Waals surface area (Å²) in [6.07, 6.45) is 6.36. The molecule has 2 aromatic carbocycles. The van der Waals surface area contributed by atoms with Crippen LogP contribution in [0, 0.1) is 0 Å². The standard InChI is InChI=1S/C16H13AsN3O8S2/c18-11-7-9(29(23,24)25)5-8-6-13(30(26,27)28)15(16(21)14(8)11)20-19-12-4-2-1-3-10(12)17-22/h1-7,12,21H,18H2,(H,23,24,25)(H,26,27,28). The first-order valence-electron chi connectivity index (χ1n) is 7.93. The molecule has 0 amide bonds. The third-order valence-corrected chi connectivity index (χ3v) is 7.10. The monoisotopic (exact) mass is 514 g/mol. The van der Waals surface area contributed by atoms with Crippen molar-refractivity contribution in [3.05, 3.63) is 42.5 Å². The first-order chi connectivity index (χ1) is 13.9. The van der Waals surface area contributed by atoms with Crippen LogP contribution in [0.4, 0.5) is 11.4 Å². The average Bonchev–Trinajstić information content (AvgIpc) is 2.65. The van der Waals surface area contributed by atoms with Gasteiger partial charge in [0.15, 0.2) is 0 Å². The second-order valence-electron chi connectivity index (χ2n) is 6.05. The molecule has 1 atom stereocenters. The predicted octanol–water partition coefficient (Wildman–Crippen LogP) is 1.42. The Morgan fingerprint density at radius 3 is 2.33 bits per heavy atom. The first-order valence-corrected chi connectivity index (χ1v) is 12.5. The van der Waals surface area contributed by atoms with Gasteiger partial charge < -0.3 is 0 Å². The topological polar surface area (TPSA) is 197 Å². The Bertz CT molecular complexity index is 1420. The van der Waals surface area contributed by atoms with Crippen LogP contribution in [-0.2, 0) is 24.0 Å². The molecule has 11 nitrogen and oxygen atoms in total. The number of phenols is 1. The molecule has 0 saturated carbocycles. The van der Waals surface area contributed by atoms with Gasteiger partial charge >= 0.3 is 177 Å². The number of phenolic OH excluding ortho intramolecular Hbond substituents is 1. The van der Waals surface area contributed by atoms with E-state index < -0.39 is 62.8 Å². The second-order valence-corrected chi connectivity index (χ2v) is 10.3. The molecular formula is C16H13AsN3O8S2. The van der Waals surface area contributed by atoms with Crippen molar-refractivity contribution in [2.24, 2.45) is 10.2 Å². The van der Waals surface area contributed by atoms with Crippen LogP contribution < -0.4 is 5.73 Å². The molecule has 0 aliphatic heterocycles. The first kappa shape index (κ1) is 22.1. The van der Waals surface area contributed by atoms with E-state index in [9.17, 15) is 34.8 Å². The fourth-order valence-corrected chi connectivity index (χ4v) is 4.79. The summed E-state index contributed by atoms with van der Waals surface area (Å²) in [5, 5.41) is 17.9. The van der Waals surface area contributed by atoms with Crippen LogP contribution in [-0.4, -0.2) is 56.6 Å². The Labute approximate surface area is 176 Å². The van der Waals surface area contributed by atoms with E-state index in [2.05, 4.69) is 10.2 Å². The molecule has 3 rings (SSSR count). The predicted molar refractivity (Wildman–Crippen MR) is 108 cm³/mol. The van der Waals surface area contributed by atoms with Crippen molar-refractivity contribution >= 4 is 61.9 Å². The molecule has 0 fully saturated rings. The van der Waals surface area contributed by atoms with E-state index >= 15 is 0 Å².